The number of hydrogen-bond donors (Lipinski definition) is 2. The van der Waals surface area contributed by atoms with Gasteiger partial charge in [-0.25, -0.2) is 9.97 Å². The monoisotopic (exact) mass is 469 g/mol. The molecule has 2 aliphatic heterocycles. The van der Waals surface area contributed by atoms with Gasteiger partial charge in [0.05, 0.1) is 19.6 Å². The van der Waals surface area contributed by atoms with E-state index >= 15 is 0 Å². The molecule has 10 heteroatoms. The summed E-state index contributed by atoms with van der Waals surface area (Å²) in [4.78, 5) is 9.04. The third kappa shape index (κ3) is 4.07. The molecule has 4 heterocycles. The van der Waals surface area contributed by atoms with Crippen molar-refractivity contribution in [3.8, 4) is 11.5 Å². The second-order valence-corrected chi connectivity index (χ2v) is 8.90. The van der Waals surface area contributed by atoms with Gasteiger partial charge in [0.15, 0.2) is 12.0 Å². The molecule has 2 N–H and O–H groups in total. The molecule has 182 valence electrons. The van der Waals surface area contributed by atoms with Crippen LogP contribution in [-0.4, -0.2) is 66.4 Å². The van der Waals surface area contributed by atoms with Gasteiger partial charge in [-0.1, -0.05) is 0 Å². The highest BCUT2D eigenvalue weighted by Gasteiger charge is 2.55. The first kappa shape index (κ1) is 22.9. The number of hydrogen-bond acceptors (Lipinski definition) is 9. The van der Waals surface area contributed by atoms with Crippen LogP contribution in [0.2, 0.25) is 0 Å². The molecule has 2 aromatic heterocycles. The molecule has 34 heavy (non-hydrogen) atoms. The summed E-state index contributed by atoms with van der Waals surface area (Å²) >= 11 is 0. The smallest absolute Gasteiger partial charge is 0.164 e. The van der Waals surface area contributed by atoms with Crippen molar-refractivity contribution in [2.24, 2.45) is 0 Å². The van der Waals surface area contributed by atoms with Crippen LogP contribution in [0, 0.1) is 0 Å². The van der Waals surface area contributed by atoms with Gasteiger partial charge in [-0.2, -0.15) is 0 Å². The van der Waals surface area contributed by atoms with Crippen LogP contribution in [0.15, 0.2) is 36.8 Å². The molecule has 2 fully saturated rings. The fourth-order valence-electron chi connectivity index (χ4n) is 4.74. The van der Waals surface area contributed by atoms with Gasteiger partial charge in [-0.05, 0) is 39.1 Å². The lowest BCUT2D eigenvalue weighted by Crippen LogP contribution is -2.36. The number of nitrogens with zero attached hydrogens (tertiary/aromatic N) is 3. The second kappa shape index (κ2) is 9.03. The molecule has 5 rings (SSSR count). The lowest BCUT2D eigenvalue weighted by atomic mass is 10.1. The zero-order valence-electron chi connectivity index (χ0n) is 20.1. The van der Waals surface area contributed by atoms with Crippen LogP contribution in [0.1, 0.15) is 25.6 Å². The van der Waals surface area contributed by atoms with Crippen LogP contribution < -0.4 is 20.1 Å². The van der Waals surface area contributed by atoms with Crippen LogP contribution in [0.25, 0.3) is 11.0 Å². The lowest BCUT2D eigenvalue weighted by Gasteiger charge is -2.25. The Bertz CT molecular complexity index is 1170. The Hall–Kier alpha value is -2.92. The number of nitrogens with one attached hydrogen (secondary N) is 2. The van der Waals surface area contributed by atoms with Gasteiger partial charge < -0.3 is 38.9 Å². The average molecular weight is 470 g/mol. The number of anilines is 1. The Balaban J connectivity index is 1.41. The van der Waals surface area contributed by atoms with E-state index in [1.165, 1.54) is 0 Å². The molecule has 4 atom stereocenters. The predicted molar refractivity (Wildman–Crippen MR) is 126 cm³/mol. The summed E-state index contributed by atoms with van der Waals surface area (Å²) in [7, 11) is 5.18. The molecule has 0 spiro atoms. The minimum absolute atomic E-state index is 0.124. The summed E-state index contributed by atoms with van der Waals surface area (Å²) in [5, 5.41) is 7.50. The maximum Gasteiger partial charge on any atom is 0.164 e. The third-order valence-electron chi connectivity index (χ3n) is 6.25. The van der Waals surface area contributed by atoms with Crippen molar-refractivity contribution in [2.75, 3.05) is 33.1 Å². The number of ether oxygens (including phenoxy) is 5. The van der Waals surface area contributed by atoms with Crippen molar-refractivity contribution in [1.82, 2.24) is 19.9 Å². The number of methoxy groups -OCH3 is 2. The van der Waals surface area contributed by atoms with E-state index in [1.54, 1.807) is 20.5 Å². The first-order chi connectivity index (χ1) is 16.4. The largest absolute Gasteiger partial charge is 0.497 e. The van der Waals surface area contributed by atoms with Crippen molar-refractivity contribution >= 4 is 16.9 Å². The topological polar surface area (TPSA) is 101 Å². The highest BCUT2D eigenvalue weighted by molar-refractivity contribution is 5.87. The summed E-state index contributed by atoms with van der Waals surface area (Å²) in [6, 6.07) is 7.74. The van der Waals surface area contributed by atoms with Crippen molar-refractivity contribution < 1.29 is 23.7 Å². The van der Waals surface area contributed by atoms with E-state index in [-0.39, 0.29) is 24.5 Å². The Morgan fingerprint density at radius 3 is 2.68 bits per heavy atom. The Morgan fingerprint density at radius 1 is 1.09 bits per heavy atom. The summed E-state index contributed by atoms with van der Waals surface area (Å²) in [5.41, 5.74) is 1.76. The van der Waals surface area contributed by atoms with Gasteiger partial charge in [0, 0.05) is 30.9 Å². The Kier molecular flexibility index (Phi) is 6.07. The fraction of sp³-hybridized carbons (Fsp3) is 0.500. The molecular weight excluding hydrogens is 438 g/mol. The molecule has 3 aromatic rings. The predicted octanol–water partition coefficient (Wildman–Crippen LogP) is 2.70. The quantitative estimate of drug-likeness (QED) is 0.516. The molecule has 0 aliphatic carbocycles. The summed E-state index contributed by atoms with van der Waals surface area (Å²) in [6.45, 7) is 5.07. The molecule has 0 amide bonds. The normalized spacial score (nSPS) is 25.4. The highest BCUT2D eigenvalue weighted by atomic mass is 16.8. The molecule has 0 radical (unpaired) electrons. The second-order valence-electron chi connectivity index (χ2n) is 8.90. The number of likely N-dealkylation sites (N-methyl/N-ethyl adjacent to an activating group) is 1. The Labute approximate surface area is 198 Å². The maximum atomic E-state index is 6.38. The number of benzene rings is 1. The van der Waals surface area contributed by atoms with Crippen molar-refractivity contribution in [1.29, 1.82) is 0 Å². The standard InChI is InChI=1S/C24H31N5O5/c1-24(2)33-19-18(12-25-3)32-23(20(19)34-24)29-9-8-16-21(27-13-28-22(16)29)26-11-14-6-7-15(30-4)10-17(14)31-5/h6-10,13,18-20,23,25H,11-12H2,1-5H3,(H,26,27,28)/t18-,19-,20+,23-/m1/s1. The summed E-state index contributed by atoms with van der Waals surface area (Å²) in [5.74, 6) is 1.56. The van der Waals surface area contributed by atoms with Gasteiger partial charge in [-0.15, -0.1) is 0 Å². The van der Waals surface area contributed by atoms with Crippen LogP contribution in [-0.2, 0) is 20.8 Å². The van der Waals surface area contributed by atoms with E-state index in [1.807, 2.05) is 55.9 Å². The van der Waals surface area contributed by atoms with Crippen LogP contribution in [0.4, 0.5) is 5.82 Å². The molecule has 0 bridgehead atoms. The first-order valence-electron chi connectivity index (χ1n) is 11.4. The molecule has 0 saturated carbocycles. The van der Waals surface area contributed by atoms with Crippen LogP contribution >= 0.6 is 0 Å². The average Bonchev–Trinajstić information content (AvgIpc) is 3.49. The highest BCUT2D eigenvalue weighted by Crippen LogP contribution is 2.44. The molecule has 0 unspecified atom stereocenters. The van der Waals surface area contributed by atoms with Crippen molar-refractivity contribution in [3.05, 3.63) is 42.4 Å². The van der Waals surface area contributed by atoms with Gasteiger partial charge in [0.1, 0.15) is 47.6 Å². The summed E-state index contributed by atoms with van der Waals surface area (Å²) in [6.07, 6.45) is 2.65. The minimum Gasteiger partial charge on any atom is -0.497 e. The number of rotatable bonds is 8. The van der Waals surface area contributed by atoms with E-state index < -0.39 is 5.79 Å². The van der Waals surface area contributed by atoms with Crippen molar-refractivity contribution in [2.45, 2.75) is 50.7 Å². The van der Waals surface area contributed by atoms with E-state index in [4.69, 9.17) is 23.7 Å². The zero-order chi connectivity index (χ0) is 23.9. The Morgan fingerprint density at radius 2 is 1.91 bits per heavy atom. The SMILES string of the molecule is CNC[C@H]1O[C@@H](n2ccc3c(NCc4ccc(OC)cc4OC)ncnc32)[C@H]2OC(C)(C)O[C@@H]21. The van der Waals surface area contributed by atoms with Gasteiger partial charge in [-0.3, -0.25) is 0 Å². The molecule has 1 aromatic carbocycles. The van der Waals surface area contributed by atoms with Gasteiger partial charge in [0.25, 0.3) is 0 Å². The van der Waals surface area contributed by atoms with E-state index in [9.17, 15) is 0 Å². The van der Waals surface area contributed by atoms with Gasteiger partial charge in [0.2, 0.25) is 0 Å². The molecular formula is C24H31N5O5. The third-order valence-corrected chi connectivity index (χ3v) is 6.25. The zero-order valence-corrected chi connectivity index (χ0v) is 20.1. The maximum absolute atomic E-state index is 6.38. The minimum atomic E-state index is -0.661. The fourth-order valence-corrected chi connectivity index (χ4v) is 4.74. The lowest BCUT2D eigenvalue weighted by molar-refractivity contribution is -0.195. The van der Waals surface area contributed by atoms with E-state index in [2.05, 4.69) is 20.6 Å². The van der Waals surface area contributed by atoms with Crippen LogP contribution in [0.5, 0.6) is 11.5 Å². The first-order valence-corrected chi connectivity index (χ1v) is 11.4. The van der Waals surface area contributed by atoms with Gasteiger partial charge >= 0.3 is 0 Å². The molecule has 2 saturated heterocycles. The molecule has 2 aliphatic rings. The molecule has 10 nitrogen and oxygen atoms in total. The number of aromatic nitrogens is 3. The van der Waals surface area contributed by atoms with Crippen LogP contribution in [0.3, 0.4) is 0 Å². The summed E-state index contributed by atoms with van der Waals surface area (Å²) < 4.78 is 31.6. The number of fused-ring (bicyclic) bond motifs is 2. The van der Waals surface area contributed by atoms with E-state index in [0.29, 0.717) is 13.1 Å². The van der Waals surface area contributed by atoms with E-state index in [0.717, 1.165) is 33.9 Å². The van der Waals surface area contributed by atoms with Crippen molar-refractivity contribution in [3.63, 3.8) is 0 Å².